The molecule has 238 valence electrons. The standard InChI is InChI=1S/C46H28N4O/c47-29-30-21-23-31(24-22-30)34-15-9-16-35(27-34)45-48-44(33-13-5-2-6-14-33)49-46(50-45)36-25-26-40-42(28-36)51-41-20-10-19-39(43(40)41)38-18-8-7-17-37(38)32-11-3-1-4-12-32/h1-28H. The third-order valence-electron chi connectivity index (χ3n) is 9.19. The first-order valence-electron chi connectivity index (χ1n) is 16.7. The minimum absolute atomic E-state index is 0.555. The van der Waals surface area contributed by atoms with Gasteiger partial charge in [-0.3, -0.25) is 0 Å². The maximum atomic E-state index is 9.26. The number of rotatable bonds is 6. The van der Waals surface area contributed by atoms with Crippen LogP contribution in [0.4, 0.5) is 0 Å². The summed E-state index contributed by atoms with van der Waals surface area (Å²) in [6.07, 6.45) is 0. The summed E-state index contributed by atoms with van der Waals surface area (Å²) >= 11 is 0. The molecule has 9 aromatic rings. The highest BCUT2D eigenvalue weighted by molar-refractivity contribution is 6.14. The van der Waals surface area contributed by atoms with Crippen molar-refractivity contribution in [1.29, 1.82) is 5.26 Å². The summed E-state index contributed by atoms with van der Waals surface area (Å²) in [5.41, 5.74) is 11.4. The first kappa shape index (κ1) is 29.9. The lowest BCUT2D eigenvalue weighted by Gasteiger charge is -2.11. The van der Waals surface area contributed by atoms with Crippen molar-refractivity contribution in [2.75, 3.05) is 0 Å². The molecule has 0 spiro atoms. The Morgan fingerprint density at radius 1 is 0.392 bits per heavy atom. The molecule has 0 aliphatic rings. The fraction of sp³-hybridized carbons (Fsp3) is 0. The molecule has 2 aromatic heterocycles. The number of hydrogen-bond donors (Lipinski definition) is 0. The van der Waals surface area contributed by atoms with Gasteiger partial charge in [0, 0.05) is 27.5 Å². The molecule has 0 fully saturated rings. The summed E-state index contributed by atoms with van der Waals surface area (Å²) < 4.78 is 6.54. The number of nitriles is 1. The van der Waals surface area contributed by atoms with E-state index in [0.717, 1.165) is 60.9 Å². The summed E-state index contributed by atoms with van der Waals surface area (Å²) in [5.74, 6) is 1.71. The van der Waals surface area contributed by atoms with Crippen molar-refractivity contribution < 1.29 is 4.42 Å². The largest absolute Gasteiger partial charge is 0.456 e. The van der Waals surface area contributed by atoms with Crippen molar-refractivity contribution in [3.63, 3.8) is 0 Å². The Bertz CT molecular complexity index is 2750. The van der Waals surface area contributed by atoms with Crippen molar-refractivity contribution >= 4 is 21.9 Å². The predicted octanol–water partition coefficient (Wildman–Crippen LogP) is 11.6. The summed E-state index contributed by atoms with van der Waals surface area (Å²) in [4.78, 5) is 14.9. The maximum absolute atomic E-state index is 9.26. The number of furan rings is 1. The van der Waals surface area contributed by atoms with E-state index < -0.39 is 0 Å². The molecule has 5 nitrogen and oxygen atoms in total. The number of benzene rings is 7. The minimum Gasteiger partial charge on any atom is -0.456 e. The molecule has 0 saturated carbocycles. The zero-order valence-electron chi connectivity index (χ0n) is 27.4. The van der Waals surface area contributed by atoms with Gasteiger partial charge >= 0.3 is 0 Å². The molecule has 5 heteroatoms. The van der Waals surface area contributed by atoms with Gasteiger partial charge in [-0.25, -0.2) is 15.0 Å². The van der Waals surface area contributed by atoms with Crippen molar-refractivity contribution in [2.24, 2.45) is 0 Å². The SMILES string of the molecule is N#Cc1ccc(-c2cccc(-c3nc(-c4ccccc4)nc(-c4ccc5c(c4)oc4cccc(-c6ccccc6-c6ccccc6)c45)n3)c2)cc1. The van der Waals surface area contributed by atoms with Crippen LogP contribution < -0.4 is 0 Å². The molecule has 0 amide bonds. The molecule has 0 N–H and O–H groups in total. The molecule has 0 aliphatic carbocycles. The normalized spacial score (nSPS) is 11.1. The average molecular weight is 653 g/mol. The van der Waals surface area contributed by atoms with Gasteiger partial charge in [-0.2, -0.15) is 5.26 Å². The topological polar surface area (TPSA) is 75.6 Å². The van der Waals surface area contributed by atoms with Gasteiger partial charge in [0.15, 0.2) is 17.5 Å². The lowest BCUT2D eigenvalue weighted by molar-refractivity contribution is 0.669. The Morgan fingerprint density at radius 3 is 1.67 bits per heavy atom. The van der Waals surface area contributed by atoms with Gasteiger partial charge in [0.1, 0.15) is 11.2 Å². The highest BCUT2D eigenvalue weighted by atomic mass is 16.3. The van der Waals surface area contributed by atoms with E-state index in [1.165, 1.54) is 11.1 Å². The first-order valence-corrected chi connectivity index (χ1v) is 16.7. The number of aromatic nitrogens is 3. The first-order chi connectivity index (χ1) is 25.2. The molecule has 0 aliphatic heterocycles. The van der Waals surface area contributed by atoms with Crippen molar-refractivity contribution in [3.05, 3.63) is 175 Å². The zero-order chi connectivity index (χ0) is 34.1. The average Bonchev–Trinajstić information content (AvgIpc) is 3.60. The highest BCUT2D eigenvalue weighted by Crippen LogP contribution is 2.41. The molecule has 9 rings (SSSR count). The van der Waals surface area contributed by atoms with E-state index in [2.05, 4.69) is 84.9 Å². The molecule has 0 saturated heterocycles. The molecular formula is C46H28N4O. The smallest absolute Gasteiger partial charge is 0.164 e. The van der Waals surface area contributed by atoms with Crippen molar-refractivity contribution in [1.82, 2.24) is 15.0 Å². The van der Waals surface area contributed by atoms with Gasteiger partial charge in [-0.15, -0.1) is 0 Å². The highest BCUT2D eigenvalue weighted by Gasteiger charge is 2.18. The van der Waals surface area contributed by atoms with Crippen LogP contribution in [0.2, 0.25) is 0 Å². The molecule has 0 unspecified atom stereocenters. The molecule has 51 heavy (non-hydrogen) atoms. The summed E-state index contributed by atoms with van der Waals surface area (Å²) in [5, 5.41) is 11.4. The number of fused-ring (bicyclic) bond motifs is 3. The van der Waals surface area contributed by atoms with Crippen LogP contribution in [-0.4, -0.2) is 15.0 Å². The second kappa shape index (κ2) is 12.7. The molecule has 0 atom stereocenters. The molecular weight excluding hydrogens is 625 g/mol. The Morgan fingerprint density at radius 2 is 0.941 bits per heavy atom. The van der Waals surface area contributed by atoms with E-state index in [0.29, 0.717) is 23.0 Å². The van der Waals surface area contributed by atoms with E-state index in [1.807, 2.05) is 91.0 Å². The van der Waals surface area contributed by atoms with Gasteiger partial charge in [0.2, 0.25) is 0 Å². The van der Waals surface area contributed by atoms with Crippen LogP contribution in [0.15, 0.2) is 174 Å². The molecule has 7 aromatic carbocycles. The predicted molar refractivity (Wildman–Crippen MR) is 204 cm³/mol. The third-order valence-corrected chi connectivity index (χ3v) is 9.19. The third kappa shape index (κ3) is 5.61. The van der Waals surface area contributed by atoms with E-state index in [4.69, 9.17) is 19.4 Å². The van der Waals surface area contributed by atoms with E-state index in [-0.39, 0.29) is 0 Å². The number of hydrogen-bond acceptors (Lipinski definition) is 5. The van der Waals surface area contributed by atoms with Gasteiger partial charge in [-0.1, -0.05) is 133 Å². The van der Waals surface area contributed by atoms with Crippen LogP contribution in [0.5, 0.6) is 0 Å². The fourth-order valence-corrected chi connectivity index (χ4v) is 6.70. The Balaban J connectivity index is 1.17. The van der Waals surface area contributed by atoms with Crippen LogP contribution in [0, 0.1) is 11.3 Å². The van der Waals surface area contributed by atoms with Crippen LogP contribution in [-0.2, 0) is 0 Å². The summed E-state index contributed by atoms with van der Waals surface area (Å²) in [7, 11) is 0. The Kier molecular flexibility index (Phi) is 7.46. The maximum Gasteiger partial charge on any atom is 0.164 e. The lowest BCUT2D eigenvalue weighted by atomic mass is 9.92. The van der Waals surface area contributed by atoms with E-state index in [1.54, 1.807) is 0 Å². The van der Waals surface area contributed by atoms with E-state index >= 15 is 0 Å². The lowest BCUT2D eigenvalue weighted by Crippen LogP contribution is -2.00. The zero-order valence-corrected chi connectivity index (χ0v) is 27.4. The number of nitrogens with zero attached hydrogens (tertiary/aromatic N) is 4. The van der Waals surface area contributed by atoms with E-state index in [9.17, 15) is 5.26 Å². The quantitative estimate of drug-likeness (QED) is 0.179. The van der Waals surface area contributed by atoms with Gasteiger partial charge in [0.05, 0.1) is 11.6 Å². The Labute approximate surface area is 294 Å². The minimum atomic E-state index is 0.555. The van der Waals surface area contributed by atoms with Crippen LogP contribution >= 0.6 is 0 Å². The van der Waals surface area contributed by atoms with Gasteiger partial charge < -0.3 is 4.42 Å². The van der Waals surface area contributed by atoms with Gasteiger partial charge in [0.25, 0.3) is 0 Å². The molecule has 0 bridgehead atoms. The second-order valence-electron chi connectivity index (χ2n) is 12.3. The second-order valence-corrected chi connectivity index (χ2v) is 12.3. The van der Waals surface area contributed by atoms with Gasteiger partial charge in [-0.05, 0) is 69.8 Å². The van der Waals surface area contributed by atoms with Crippen molar-refractivity contribution in [3.8, 4) is 73.6 Å². The van der Waals surface area contributed by atoms with Crippen molar-refractivity contribution in [2.45, 2.75) is 0 Å². The monoisotopic (exact) mass is 652 g/mol. The summed E-state index contributed by atoms with van der Waals surface area (Å²) in [6.45, 7) is 0. The molecule has 0 radical (unpaired) electrons. The van der Waals surface area contributed by atoms with Crippen LogP contribution in [0.25, 0.3) is 89.5 Å². The summed E-state index contributed by atoms with van der Waals surface area (Å²) in [6, 6.07) is 59.3. The van der Waals surface area contributed by atoms with Crippen LogP contribution in [0.3, 0.4) is 0 Å². The Hall–Kier alpha value is -7.16. The fourth-order valence-electron chi connectivity index (χ4n) is 6.70. The molecule has 2 heterocycles. The van der Waals surface area contributed by atoms with Crippen LogP contribution in [0.1, 0.15) is 5.56 Å².